The number of likely N-dealkylation sites (N-methyl/N-ethyl adjacent to an activating group) is 1. The van der Waals surface area contributed by atoms with Crippen molar-refractivity contribution in [2.24, 2.45) is 12.0 Å². The van der Waals surface area contributed by atoms with Gasteiger partial charge in [-0.25, -0.2) is 0 Å². The minimum Gasteiger partial charge on any atom is -0.468 e. The van der Waals surface area contributed by atoms with Crippen molar-refractivity contribution in [1.82, 2.24) is 24.9 Å². The van der Waals surface area contributed by atoms with Crippen molar-refractivity contribution in [3.8, 4) is 0 Å². The maximum absolute atomic E-state index is 12.8. The maximum Gasteiger partial charge on any atom is 0.246 e. The molecular formula is C21H34IN7O2. The largest absolute Gasteiger partial charge is 0.468 e. The monoisotopic (exact) mass is 543 g/mol. The number of hydrogen-bond acceptors (Lipinski definition) is 5. The molecule has 1 aliphatic rings. The van der Waals surface area contributed by atoms with Crippen molar-refractivity contribution in [3.05, 3.63) is 36.5 Å². The van der Waals surface area contributed by atoms with Crippen LogP contribution in [0.2, 0.25) is 0 Å². The Morgan fingerprint density at radius 1 is 1.32 bits per heavy atom. The number of nitrogens with one attached hydrogen (secondary N) is 1. The Kier molecular flexibility index (Phi) is 9.82. The summed E-state index contributed by atoms with van der Waals surface area (Å²) in [7, 11) is 1.85. The second-order valence-electron chi connectivity index (χ2n) is 7.29. The molecule has 1 amide bonds. The molecule has 0 aromatic carbocycles. The van der Waals surface area contributed by atoms with Crippen LogP contribution in [0, 0.1) is 0 Å². The molecule has 2 aromatic rings. The molecule has 0 aliphatic carbocycles. The smallest absolute Gasteiger partial charge is 0.246 e. The summed E-state index contributed by atoms with van der Waals surface area (Å²) >= 11 is 0. The fraction of sp³-hybridized carbons (Fsp3) is 0.571. The lowest BCUT2D eigenvalue weighted by Gasteiger charge is -2.35. The summed E-state index contributed by atoms with van der Waals surface area (Å²) < 4.78 is 7.40. The van der Waals surface area contributed by atoms with Crippen LogP contribution in [0.3, 0.4) is 0 Å². The van der Waals surface area contributed by atoms with E-state index in [1.165, 1.54) is 0 Å². The van der Waals surface area contributed by atoms with Crippen LogP contribution in [0.1, 0.15) is 32.6 Å². The fourth-order valence-corrected chi connectivity index (χ4v) is 3.80. The van der Waals surface area contributed by atoms with Gasteiger partial charge in [0.15, 0.2) is 5.96 Å². The van der Waals surface area contributed by atoms with Crippen molar-refractivity contribution >= 4 is 41.5 Å². The highest BCUT2D eigenvalue weighted by molar-refractivity contribution is 14.0. The molecule has 0 radical (unpaired) electrons. The summed E-state index contributed by atoms with van der Waals surface area (Å²) in [5, 5.41) is 7.52. The van der Waals surface area contributed by atoms with E-state index >= 15 is 0 Å². The molecule has 3 heterocycles. The van der Waals surface area contributed by atoms with Gasteiger partial charge in [0.25, 0.3) is 0 Å². The number of aromatic nitrogens is 2. The number of guanidine groups is 1. The molecule has 9 nitrogen and oxygen atoms in total. The van der Waals surface area contributed by atoms with Gasteiger partial charge in [-0.2, -0.15) is 5.10 Å². The van der Waals surface area contributed by atoms with Crippen LogP contribution in [0.25, 0.3) is 0 Å². The van der Waals surface area contributed by atoms with Gasteiger partial charge in [0.05, 0.1) is 30.7 Å². The lowest BCUT2D eigenvalue weighted by Crippen LogP contribution is -2.55. The number of halogens is 1. The summed E-state index contributed by atoms with van der Waals surface area (Å²) in [5.74, 6) is 1.72. The molecule has 0 saturated carbocycles. The van der Waals surface area contributed by atoms with Gasteiger partial charge >= 0.3 is 0 Å². The number of piperazine rings is 1. The number of furan rings is 1. The van der Waals surface area contributed by atoms with Crippen LogP contribution in [0.5, 0.6) is 0 Å². The molecular weight excluding hydrogens is 509 g/mol. The van der Waals surface area contributed by atoms with E-state index in [0.717, 1.165) is 37.0 Å². The lowest BCUT2D eigenvalue weighted by atomic mass is 10.2. The quantitative estimate of drug-likeness (QED) is 0.313. The van der Waals surface area contributed by atoms with E-state index in [9.17, 15) is 4.79 Å². The van der Waals surface area contributed by atoms with Crippen LogP contribution >= 0.6 is 24.0 Å². The van der Waals surface area contributed by atoms with Gasteiger partial charge in [0.2, 0.25) is 5.91 Å². The minimum absolute atomic E-state index is 0. The number of aliphatic imine (C=N–C) groups is 1. The summed E-state index contributed by atoms with van der Waals surface area (Å²) in [6.07, 6.45) is 5.30. The SMILES string of the molecule is CCNC(=NCC(c1ccco1)N(CC)CC)N1CCN(c2cnn(C)c2)C(=O)C1.I. The molecule has 2 aromatic heterocycles. The standard InChI is InChI=1S/C21H33N7O2.HI/c1-5-22-21(23-14-18(26(6-2)7-3)19-9-8-12-30-19)27-10-11-28(20(29)16-27)17-13-24-25(4)15-17;/h8-9,12-13,15,18H,5-7,10-11,14,16H2,1-4H3,(H,22,23);1H. The first-order valence-corrected chi connectivity index (χ1v) is 10.7. The number of aryl methyl sites for hydroxylation is 1. The van der Waals surface area contributed by atoms with E-state index in [-0.39, 0.29) is 42.5 Å². The molecule has 1 N–H and O–H groups in total. The van der Waals surface area contributed by atoms with Gasteiger partial charge in [-0.05, 0) is 32.1 Å². The molecule has 1 saturated heterocycles. The highest BCUT2D eigenvalue weighted by Gasteiger charge is 2.28. The first-order chi connectivity index (χ1) is 14.6. The predicted molar refractivity (Wildman–Crippen MR) is 133 cm³/mol. The molecule has 1 unspecified atom stereocenters. The number of carbonyl (C=O) groups excluding carboxylic acids is 1. The van der Waals surface area contributed by atoms with E-state index in [1.807, 2.05) is 37.2 Å². The fourth-order valence-electron chi connectivity index (χ4n) is 3.80. The number of rotatable bonds is 8. The van der Waals surface area contributed by atoms with Crippen molar-refractivity contribution < 1.29 is 9.21 Å². The Morgan fingerprint density at radius 2 is 2.10 bits per heavy atom. The number of anilines is 1. The molecule has 1 aliphatic heterocycles. The normalized spacial score (nSPS) is 15.9. The van der Waals surface area contributed by atoms with E-state index in [1.54, 1.807) is 22.0 Å². The molecule has 0 bridgehead atoms. The number of carbonyl (C=O) groups is 1. The van der Waals surface area contributed by atoms with Gasteiger partial charge in [0, 0.05) is 32.9 Å². The Morgan fingerprint density at radius 3 is 2.65 bits per heavy atom. The van der Waals surface area contributed by atoms with Crippen LogP contribution in [0.15, 0.2) is 40.2 Å². The summed E-state index contributed by atoms with van der Waals surface area (Å²) in [4.78, 5) is 23.8. The average molecular weight is 543 g/mol. The van der Waals surface area contributed by atoms with E-state index < -0.39 is 0 Å². The topological polar surface area (TPSA) is 82.1 Å². The van der Waals surface area contributed by atoms with Crippen LogP contribution in [-0.4, -0.2) is 77.3 Å². The second kappa shape index (κ2) is 12.1. The Labute approximate surface area is 201 Å². The van der Waals surface area contributed by atoms with E-state index in [4.69, 9.17) is 9.41 Å². The van der Waals surface area contributed by atoms with Gasteiger partial charge < -0.3 is 19.5 Å². The highest BCUT2D eigenvalue weighted by Crippen LogP contribution is 2.22. The minimum atomic E-state index is 0. The Hall–Kier alpha value is -2.08. The zero-order chi connectivity index (χ0) is 21.5. The van der Waals surface area contributed by atoms with Crippen molar-refractivity contribution in [1.29, 1.82) is 0 Å². The first kappa shape index (κ1) is 25.2. The Balaban J connectivity index is 0.00000341. The zero-order valence-electron chi connectivity index (χ0n) is 18.8. The lowest BCUT2D eigenvalue weighted by molar-refractivity contribution is -0.120. The number of amides is 1. The van der Waals surface area contributed by atoms with Crippen LogP contribution in [-0.2, 0) is 11.8 Å². The molecule has 172 valence electrons. The number of nitrogens with zero attached hydrogens (tertiary/aromatic N) is 6. The van der Waals surface area contributed by atoms with Gasteiger partial charge in [0.1, 0.15) is 12.3 Å². The molecule has 0 spiro atoms. The molecule has 3 rings (SSSR count). The molecule has 10 heteroatoms. The summed E-state index contributed by atoms with van der Waals surface area (Å²) in [6.45, 7) is 11.1. The first-order valence-electron chi connectivity index (χ1n) is 10.7. The van der Waals surface area contributed by atoms with Crippen molar-refractivity contribution in [2.75, 3.05) is 50.7 Å². The van der Waals surface area contributed by atoms with Gasteiger partial charge in [-0.15, -0.1) is 24.0 Å². The third-order valence-electron chi connectivity index (χ3n) is 5.40. The predicted octanol–water partition coefficient (Wildman–Crippen LogP) is 2.33. The summed E-state index contributed by atoms with van der Waals surface area (Å²) in [6, 6.07) is 3.98. The third-order valence-corrected chi connectivity index (χ3v) is 5.40. The van der Waals surface area contributed by atoms with Gasteiger partial charge in [-0.3, -0.25) is 19.4 Å². The van der Waals surface area contributed by atoms with Crippen molar-refractivity contribution in [2.45, 2.75) is 26.8 Å². The van der Waals surface area contributed by atoms with Crippen LogP contribution in [0.4, 0.5) is 5.69 Å². The van der Waals surface area contributed by atoms with Crippen molar-refractivity contribution in [3.63, 3.8) is 0 Å². The third kappa shape index (κ3) is 6.22. The number of hydrogen-bond donors (Lipinski definition) is 1. The highest BCUT2D eigenvalue weighted by atomic mass is 127. The average Bonchev–Trinajstić information content (AvgIpc) is 3.42. The maximum atomic E-state index is 12.8. The zero-order valence-corrected chi connectivity index (χ0v) is 21.2. The Bertz CT molecular complexity index is 833. The molecule has 1 fully saturated rings. The molecule has 31 heavy (non-hydrogen) atoms. The van der Waals surface area contributed by atoms with Gasteiger partial charge in [-0.1, -0.05) is 13.8 Å². The summed E-state index contributed by atoms with van der Waals surface area (Å²) in [5.41, 5.74) is 0.837. The molecule has 1 atom stereocenters. The second-order valence-corrected chi connectivity index (χ2v) is 7.29. The van der Waals surface area contributed by atoms with E-state index in [2.05, 4.69) is 29.2 Å². The van der Waals surface area contributed by atoms with E-state index in [0.29, 0.717) is 19.6 Å². The van der Waals surface area contributed by atoms with Crippen LogP contribution < -0.4 is 10.2 Å².